The third-order valence-electron chi connectivity index (χ3n) is 2.65. The summed E-state index contributed by atoms with van der Waals surface area (Å²) in [5.74, 6) is -0.727. The molecule has 0 saturated carbocycles. The Balaban J connectivity index is 1.77. The summed E-state index contributed by atoms with van der Waals surface area (Å²) in [7, 11) is 0. The number of ether oxygens (including phenoxy) is 1. The van der Waals surface area contributed by atoms with Gasteiger partial charge < -0.3 is 4.74 Å². The maximum atomic E-state index is 13.3. The quantitative estimate of drug-likeness (QED) is 0.777. The molecule has 1 heterocycles. The lowest BCUT2D eigenvalue weighted by molar-refractivity contribution is -0.145. The number of carbonyl (C=O) groups is 1. The minimum absolute atomic E-state index is 0.0381. The van der Waals surface area contributed by atoms with E-state index in [1.807, 2.05) is 13.1 Å². The van der Waals surface area contributed by atoms with Gasteiger partial charge in [-0.3, -0.25) is 9.48 Å². The molecule has 0 atom stereocenters. The summed E-state index contributed by atoms with van der Waals surface area (Å²) in [5, 5.41) is 4.07. The number of hydrogen-bond donors (Lipinski definition) is 0. The number of hydrogen-bond acceptors (Lipinski definition) is 3. The maximum Gasteiger partial charge on any atom is 0.308 e. The highest BCUT2D eigenvalue weighted by Gasteiger charge is 2.07. The van der Waals surface area contributed by atoms with Crippen LogP contribution in [0.5, 0.6) is 0 Å². The van der Waals surface area contributed by atoms with E-state index in [1.165, 1.54) is 6.07 Å². The minimum Gasteiger partial charge on any atom is -0.461 e. The monoisotopic (exact) mass is 262 g/mol. The fraction of sp³-hybridized carbons (Fsp3) is 0.286. The van der Waals surface area contributed by atoms with E-state index in [0.29, 0.717) is 12.1 Å². The summed E-state index contributed by atoms with van der Waals surface area (Å²) in [6.45, 7) is 2.35. The van der Waals surface area contributed by atoms with Gasteiger partial charge in [0.25, 0.3) is 0 Å². The van der Waals surface area contributed by atoms with Crippen LogP contribution in [0.25, 0.3) is 0 Å². The molecule has 2 aromatic rings. The van der Waals surface area contributed by atoms with Gasteiger partial charge in [-0.2, -0.15) is 5.10 Å². The van der Waals surface area contributed by atoms with Crippen molar-refractivity contribution >= 4 is 5.97 Å². The van der Waals surface area contributed by atoms with Crippen LogP contribution in [0.1, 0.15) is 17.5 Å². The van der Waals surface area contributed by atoms with Crippen LogP contribution < -0.4 is 0 Å². The molecule has 0 amide bonds. The van der Waals surface area contributed by atoms with Crippen molar-refractivity contribution in [2.75, 3.05) is 0 Å². The average molecular weight is 262 g/mol. The molecule has 0 fully saturated rings. The van der Waals surface area contributed by atoms with Crippen LogP contribution in [-0.2, 0) is 22.7 Å². The fourth-order valence-electron chi connectivity index (χ4n) is 1.64. The molecule has 0 aliphatic rings. The zero-order valence-electron chi connectivity index (χ0n) is 10.7. The van der Waals surface area contributed by atoms with Crippen molar-refractivity contribution < 1.29 is 13.9 Å². The molecule has 0 N–H and O–H groups in total. The first kappa shape index (κ1) is 13.3. The van der Waals surface area contributed by atoms with Gasteiger partial charge in [-0.15, -0.1) is 0 Å². The molecule has 19 heavy (non-hydrogen) atoms. The maximum absolute atomic E-state index is 13.3. The van der Waals surface area contributed by atoms with Crippen LogP contribution in [0.15, 0.2) is 36.7 Å². The Hall–Kier alpha value is -2.17. The summed E-state index contributed by atoms with van der Waals surface area (Å²) in [6.07, 6.45) is 3.80. The first-order valence-corrected chi connectivity index (χ1v) is 6.03. The Morgan fingerprint density at radius 2 is 2.21 bits per heavy atom. The van der Waals surface area contributed by atoms with Crippen molar-refractivity contribution in [1.29, 1.82) is 0 Å². The molecule has 0 unspecified atom stereocenters. The molecule has 0 radical (unpaired) electrons. The smallest absolute Gasteiger partial charge is 0.308 e. The van der Waals surface area contributed by atoms with E-state index in [-0.39, 0.29) is 24.8 Å². The molecule has 5 heteroatoms. The van der Waals surface area contributed by atoms with Crippen molar-refractivity contribution in [3.05, 3.63) is 53.6 Å². The Morgan fingerprint density at radius 3 is 2.89 bits per heavy atom. The SMILES string of the molecule is Cc1cnn(CCC(=O)OCc2ccccc2F)c1. The topological polar surface area (TPSA) is 44.1 Å². The summed E-state index contributed by atoms with van der Waals surface area (Å²) in [6, 6.07) is 6.24. The number of nitrogens with zero attached hydrogens (tertiary/aromatic N) is 2. The van der Waals surface area contributed by atoms with Crippen LogP contribution in [0.2, 0.25) is 0 Å². The first-order chi connectivity index (χ1) is 9.15. The third kappa shape index (κ3) is 3.91. The van der Waals surface area contributed by atoms with Gasteiger partial charge in [0.1, 0.15) is 12.4 Å². The van der Waals surface area contributed by atoms with E-state index in [2.05, 4.69) is 5.10 Å². The van der Waals surface area contributed by atoms with Crippen LogP contribution in [0.3, 0.4) is 0 Å². The molecule has 0 saturated heterocycles. The molecule has 0 spiro atoms. The second-order valence-electron chi connectivity index (χ2n) is 4.28. The molecule has 1 aromatic heterocycles. The van der Waals surface area contributed by atoms with E-state index in [9.17, 15) is 9.18 Å². The molecule has 2 rings (SSSR count). The van der Waals surface area contributed by atoms with Gasteiger partial charge in [-0.25, -0.2) is 4.39 Å². The van der Waals surface area contributed by atoms with Crippen LogP contribution >= 0.6 is 0 Å². The second kappa shape index (κ2) is 6.13. The van der Waals surface area contributed by atoms with E-state index in [1.54, 1.807) is 29.1 Å². The number of esters is 1. The molecule has 0 aliphatic heterocycles. The number of carbonyl (C=O) groups excluding carboxylic acids is 1. The van der Waals surface area contributed by atoms with Gasteiger partial charge in [0.15, 0.2) is 0 Å². The molecule has 100 valence electrons. The van der Waals surface area contributed by atoms with E-state index < -0.39 is 0 Å². The van der Waals surface area contributed by atoms with Crippen LogP contribution in [-0.4, -0.2) is 15.7 Å². The summed E-state index contributed by atoms with van der Waals surface area (Å²) < 4.78 is 20.0. The van der Waals surface area contributed by atoms with E-state index >= 15 is 0 Å². The minimum atomic E-state index is -0.364. The lowest BCUT2D eigenvalue weighted by atomic mass is 10.2. The number of rotatable bonds is 5. The molecular formula is C14H15FN2O2. The van der Waals surface area contributed by atoms with Gasteiger partial charge in [-0.1, -0.05) is 18.2 Å². The largest absolute Gasteiger partial charge is 0.461 e. The fourth-order valence-corrected chi connectivity index (χ4v) is 1.64. The van der Waals surface area contributed by atoms with Gasteiger partial charge in [-0.05, 0) is 18.6 Å². The zero-order chi connectivity index (χ0) is 13.7. The normalized spacial score (nSPS) is 10.4. The Labute approximate surface area is 110 Å². The van der Waals surface area contributed by atoms with Crippen LogP contribution in [0, 0.1) is 12.7 Å². The van der Waals surface area contributed by atoms with Gasteiger partial charge in [0.2, 0.25) is 0 Å². The van der Waals surface area contributed by atoms with Crippen molar-refractivity contribution in [3.63, 3.8) is 0 Å². The van der Waals surface area contributed by atoms with Crippen molar-refractivity contribution in [2.45, 2.75) is 26.5 Å². The molecule has 0 aliphatic carbocycles. The highest BCUT2D eigenvalue weighted by atomic mass is 19.1. The van der Waals surface area contributed by atoms with Gasteiger partial charge in [0.05, 0.1) is 19.2 Å². The van der Waals surface area contributed by atoms with Crippen molar-refractivity contribution in [1.82, 2.24) is 9.78 Å². The Bertz CT molecular complexity index is 566. The predicted molar refractivity (Wildman–Crippen MR) is 67.8 cm³/mol. The Kier molecular flexibility index (Phi) is 4.28. The molecule has 4 nitrogen and oxygen atoms in total. The van der Waals surface area contributed by atoms with E-state index in [0.717, 1.165) is 5.56 Å². The number of halogens is 1. The van der Waals surface area contributed by atoms with E-state index in [4.69, 9.17) is 4.74 Å². The highest BCUT2D eigenvalue weighted by molar-refractivity contribution is 5.69. The Morgan fingerprint density at radius 1 is 1.42 bits per heavy atom. The van der Waals surface area contributed by atoms with Crippen molar-refractivity contribution in [2.24, 2.45) is 0 Å². The number of aromatic nitrogens is 2. The second-order valence-corrected chi connectivity index (χ2v) is 4.28. The van der Waals surface area contributed by atoms with Gasteiger partial charge in [0, 0.05) is 11.8 Å². The highest BCUT2D eigenvalue weighted by Crippen LogP contribution is 2.08. The zero-order valence-corrected chi connectivity index (χ0v) is 10.7. The number of benzene rings is 1. The number of aryl methyl sites for hydroxylation is 2. The standard InChI is InChI=1S/C14H15FN2O2/c1-11-8-16-17(9-11)7-6-14(18)19-10-12-4-2-3-5-13(12)15/h2-5,8-9H,6-7,10H2,1H3. The summed E-state index contributed by atoms with van der Waals surface area (Å²) in [5.41, 5.74) is 1.42. The molecule has 1 aromatic carbocycles. The van der Waals surface area contributed by atoms with Crippen LogP contribution in [0.4, 0.5) is 4.39 Å². The predicted octanol–water partition coefficient (Wildman–Crippen LogP) is 2.46. The molecular weight excluding hydrogens is 247 g/mol. The third-order valence-corrected chi connectivity index (χ3v) is 2.65. The lowest BCUT2D eigenvalue weighted by Gasteiger charge is -2.06. The summed E-state index contributed by atoms with van der Waals surface area (Å²) in [4.78, 5) is 11.5. The molecule has 0 bridgehead atoms. The summed E-state index contributed by atoms with van der Waals surface area (Å²) >= 11 is 0. The van der Waals surface area contributed by atoms with Crippen molar-refractivity contribution in [3.8, 4) is 0 Å². The average Bonchev–Trinajstić information content (AvgIpc) is 2.81. The lowest BCUT2D eigenvalue weighted by Crippen LogP contribution is -2.10. The van der Waals surface area contributed by atoms with Gasteiger partial charge >= 0.3 is 5.97 Å². The first-order valence-electron chi connectivity index (χ1n) is 6.03.